The average Bonchev–Trinajstić information content (AvgIpc) is 2.28. The first-order chi connectivity index (χ1) is 8.06. The van der Waals surface area contributed by atoms with E-state index in [0.29, 0.717) is 12.4 Å². The molecule has 17 heavy (non-hydrogen) atoms. The molecule has 1 heterocycles. The predicted molar refractivity (Wildman–Crippen MR) is 67.7 cm³/mol. The fraction of sp³-hybridized carbons (Fsp3) is 0.273. The van der Waals surface area contributed by atoms with Gasteiger partial charge in [0.2, 0.25) is 0 Å². The van der Waals surface area contributed by atoms with Crippen molar-refractivity contribution in [1.82, 2.24) is 10.2 Å². The van der Waals surface area contributed by atoms with Gasteiger partial charge in [0.15, 0.2) is 5.82 Å². The molecule has 6 heteroatoms. The van der Waals surface area contributed by atoms with E-state index in [1.54, 1.807) is 6.20 Å². The first-order valence-corrected chi connectivity index (χ1v) is 7.24. The van der Waals surface area contributed by atoms with E-state index in [2.05, 4.69) is 15.5 Å². The molecule has 2 rings (SSSR count). The Morgan fingerprint density at radius 1 is 1.29 bits per heavy atom. The lowest BCUT2D eigenvalue weighted by atomic mass is 10.2. The van der Waals surface area contributed by atoms with Gasteiger partial charge in [-0.1, -0.05) is 24.3 Å². The molecule has 0 saturated carbocycles. The Kier molecular flexibility index (Phi) is 3.23. The Hall–Kier alpha value is -1.69. The van der Waals surface area contributed by atoms with Gasteiger partial charge in [-0.05, 0) is 0 Å². The minimum Gasteiger partial charge on any atom is -0.367 e. The molecule has 0 fully saturated rings. The van der Waals surface area contributed by atoms with E-state index in [1.165, 1.54) is 6.26 Å². The SMILES string of the molecule is CS(=O)(=O)CCNc1nncc2ccccc12. The number of nitrogens with one attached hydrogen (secondary N) is 1. The zero-order valence-electron chi connectivity index (χ0n) is 9.42. The lowest BCUT2D eigenvalue weighted by Gasteiger charge is -2.06. The van der Waals surface area contributed by atoms with Crippen LogP contribution in [0.2, 0.25) is 0 Å². The van der Waals surface area contributed by atoms with E-state index in [-0.39, 0.29) is 5.75 Å². The van der Waals surface area contributed by atoms with Crippen molar-refractivity contribution in [1.29, 1.82) is 0 Å². The predicted octanol–water partition coefficient (Wildman–Crippen LogP) is 1.09. The molecular weight excluding hydrogens is 238 g/mol. The van der Waals surface area contributed by atoms with E-state index in [9.17, 15) is 8.42 Å². The van der Waals surface area contributed by atoms with Crippen molar-refractivity contribution in [3.05, 3.63) is 30.5 Å². The quantitative estimate of drug-likeness (QED) is 0.880. The minimum atomic E-state index is -2.96. The fourth-order valence-electron chi connectivity index (χ4n) is 1.51. The normalized spacial score (nSPS) is 11.6. The smallest absolute Gasteiger partial charge is 0.156 e. The summed E-state index contributed by atoms with van der Waals surface area (Å²) >= 11 is 0. The molecule has 0 saturated heterocycles. The van der Waals surface area contributed by atoms with Crippen LogP contribution < -0.4 is 5.32 Å². The second-order valence-corrected chi connectivity index (χ2v) is 6.10. The van der Waals surface area contributed by atoms with Crippen LogP contribution in [-0.2, 0) is 9.84 Å². The first-order valence-electron chi connectivity index (χ1n) is 5.18. The van der Waals surface area contributed by atoms with Crippen LogP contribution in [0.15, 0.2) is 30.5 Å². The molecule has 0 aliphatic carbocycles. The van der Waals surface area contributed by atoms with Gasteiger partial charge >= 0.3 is 0 Å². The highest BCUT2D eigenvalue weighted by atomic mass is 32.2. The average molecular weight is 251 g/mol. The van der Waals surface area contributed by atoms with Crippen molar-refractivity contribution in [2.45, 2.75) is 0 Å². The molecule has 1 aromatic carbocycles. The van der Waals surface area contributed by atoms with Gasteiger partial charge in [0.1, 0.15) is 9.84 Å². The summed E-state index contributed by atoms with van der Waals surface area (Å²) in [4.78, 5) is 0. The summed E-state index contributed by atoms with van der Waals surface area (Å²) in [5, 5.41) is 12.7. The van der Waals surface area contributed by atoms with Crippen LogP contribution in [0.4, 0.5) is 5.82 Å². The molecule has 90 valence electrons. The number of rotatable bonds is 4. The number of fused-ring (bicyclic) bond motifs is 1. The number of benzene rings is 1. The highest BCUT2D eigenvalue weighted by Crippen LogP contribution is 2.18. The molecule has 0 atom stereocenters. The molecule has 0 spiro atoms. The Labute approximate surface area is 99.8 Å². The van der Waals surface area contributed by atoms with Gasteiger partial charge in [-0.3, -0.25) is 0 Å². The molecule has 0 aliphatic heterocycles. The van der Waals surface area contributed by atoms with Crippen LogP contribution in [0.1, 0.15) is 0 Å². The summed E-state index contributed by atoms with van der Waals surface area (Å²) < 4.78 is 22.0. The fourth-order valence-corrected chi connectivity index (χ4v) is 1.99. The number of anilines is 1. The second kappa shape index (κ2) is 4.67. The second-order valence-electron chi connectivity index (χ2n) is 3.84. The Morgan fingerprint density at radius 2 is 2.06 bits per heavy atom. The lowest BCUT2D eigenvalue weighted by Crippen LogP contribution is -2.15. The number of aromatic nitrogens is 2. The zero-order chi connectivity index (χ0) is 12.3. The van der Waals surface area contributed by atoms with Gasteiger partial charge in [0.25, 0.3) is 0 Å². The zero-order valence-corrected chi connectivity index (χ0v) is 10.2. The molecule has 0 radical (unpaired) electrons. The Bertz CT molecular complexity index is 620. The van der Waals surface area contributed by atoms with Crippen molar-refractivity contribution >= 4 is 26.4 Å². The van der Waals surface area contributed by atoms with E-state index in [4.69, 9.17) is 0 Å². The maximum absolute atomic E-state index is 11.0. The maximum Gasteiger partial charge on any atom is 0.156 e. The standard InChI is InChI=1S/C11H13N3O2S/c1-17(15,16)7-6-12-11-10-5-3-2-4-9(10)8-13-14-11/h2-5,8H,6-7H2,1H3,(H,12,14). The summed E-state index contributed by atoms with van der Waals surface area (Å²) in [5.41, 5.74) is 0. The molecule has 5 nitrogen and oxygen atoms in total. The molecule has 0 aliphatic rings. The third kappa shape index (κ3) is 3.13. The van der Waals surface area contributed by atoms with Crippen molar-refractivity contribution in [2.24, 2.45) is 0 Å². The maximum atomic E-state index is 11.0. The van der Waals surface area contributed by atoms with Gasteiger partial charge in [-0.2, -0.15) is 5.10 Å². The van der Waals surface area contributed by atoms with Crippen molar-refractivity contribution in [3.63, 3.8) is 0 Å². The molecular formula is C11H13N3O2S. The van der Waals surface area contributed by atoms with Gasteiger partial charge in [0, 0.05) is 23.6 Å². The first kappa shape index (κ1) is 11.8. The molecule has 1 N–H and O–H groups in total. The summed E-state index contributed by atoms with van der Waals surface area (Å²) in [6.07, 6.45) is 2.89. The summed E-state index contributed by atoms with van der Waals surface area (Å²) in [5.74, 6) is 0.699. The van der Waals surface area contributed by atoms with E-state index >= 15 is 0 Å². The van der Waals surface area contributed by atoms with Crippen molar-refractivity contribution in [2.75, 3.05) is 23.9 Å². The van der Waals surface area contributed by atoms with Gasteiger partial charge in [-0.15, -0.1) is 5.10 Å². The summed E-state index contributed by atoms with van der Waals surface area (Å²) in [6, 6.07) is 7.69. The Morgan fingerprint density at radius 3 is 2.82 bits per heavy atom. The van der Waals surface area contributed by atoms with Crippen LogP contribution in [-0.4, -0.2) is 37.2 Å². The van der Waals surface area contributed by atoms with Crippen LogP contribution in [0, 0.1) is 0 Å². The third-order valence-corrected chi connectivity index (χ3v) is 3.28. The highest BCUT2D eigenvalue weighted by Gasteiger charge is 2.04. The van der Waals surface area contributed by atoms with E-state index < -0.39 is 9.84 Å². The number of hydrogen-bond donors (Lipinski definition) is 1. The molecule has 0 amide bonds. The van der Waals surface area contributed by atoms with Crippen LogP contribution in [0.25, 0.3) is 10.8 Å². The molecule has 2 aromatic rings. The highest BCUT2D eigenvalue weighted by molar-refractivity contribution is 7.90. The van der Waals surface area contributed by atoms with Crippen LogP contribution in [0.5, 0.6) is 0 Å². The third-order valence-electron chi connectivity index (χ3n) is 2.34. The van der Waals surface area contributed by atoms with Crippen molar-refractivity contribution in [3.8, 4) is 0 Å². The summed E-state index contributed by atoms with van der Waals surface area (Å²) in [7, 11) is -2.96. The van der Waals surface area contributed by atoms with Gasteiger partial charge in [0.05, 0.1) is 11.9 Å². The van der Waals surface area contributed by atoms with E-state index in [1.807, 2.05) is 24.3 Å². The molecule has 0 bridgehead atoms. The number of nitrogens with zero attached hydrogens (tertiary/aromatic N) is 2. The summed E-state index contributed by atoms with van der Waals surface area (Å²) in [6.45, 7) is 0.335. The van der Waals surface area contributed by atoms with E-state index in [0.717, 1.165) is 10.8 Å². The Balaban J connectivity index is 2.19. The lowest BCUT2D eigenvalue weighted by molar-refractivity contribution is 0.602. The number of hydrogen-bond acceptors (Lipinski definition) is 5. The van der Waals surface area contributed by atoms with Gasteiger partial charge < -0.3 is 5.32 Å². The monoisotopic (exact) mass is 251 g/mol. The van der Waals surface area contributed by atoms with Crippen molar-refractivity contribution < 1.29 is 8.42 Å². The molecule has 1 aromatic heterocycles. The number of sulfone groups is 1. The minimum absolute atomic E-state index is 0.0813. The largest absolute Gasteiger partial charge is 0.367 e. The molecule has 0 unspecified atom stereocenters. The van der Waals surface area contributed by atoms with Gasteiger partial charge in [-0.25, -0.2) is 8.42 Å². The van der Waals surface area contributed by atoms with Crippen LogP contribution >= 0.6 is 0 Å². The topological polar surface area (TPSA) is 72.0 Å². The van der Waals surface area contributed by atoms with Crippen LogP contribution in [0.3, 0.4) is 0 Å².